The predicted molar refractivity (Wildman–Crippen MR) is 79.0 cm³/mol. The molecule has 0 aliphatic heterocycles. The second-order valence-corrected chi connectivity index (χ2v) is 5.85. The SMILES string of the molecule is COc1ccc(CS(=O)c2ccc(N)cc2Cl)cc1. The molecule has 2 N–H and O–H groups in total. The molecular weight excluding hydrogens is 282 g/mol. The summed E-state index contributed by atoms with van der Waals surface area (Å²) in [7, 11) is 0.421. The first-order valence-corrected chi connectivity index (χ1v) is 7.36. The zero-order chi connectivity index (χ0) is 13.8. The molecule has 0 aliphatic carbocycles. The van der Waals surface area contributed by atoms with Crippen LogP contribution >= 0.6 is 11.6 Å². The van der Waals surface area contributed by atoms with Crippen molar-refractivity contribution in [2.75, 3.05) is 12.8 Å². The minimum atomic E-state index is -1.19. The lowest BCUT2D eigenvalue weighted by Gasteiger charge is -2.06. The van der Waals surface area contributed by atoms with Crippen molar-refractivity contribution < 1.29 is 8.95 Å². The maximum atomic E-state index is 12.3. The number of ether oxygens (including phenoxy) is 1. The van der Waals surface area contributed by atoms with E-state index in [0.717, 1.165) is 11.3 Å². The molecule has 0 fully saturated rings. The highest BCUT2D eigenvalue weighted by Crippen LogP contribution is 2.24. The molecule has 0 aliphatic rings. The Morgan fingerprint density at radius 1 is 1.21 bits per heavy atom. The fourth-order valence-electron chi connectivity index (χ4n) is 1.65. The summed E-state index contributed by atoms with van der Waals surface area (Å²) in [6, 6.07) is 12.5. The van der Waals surface area contributed by atoms with Gasteiger partial charge in [0.05, 0.1) is 33.6 Å². The highest BCUT2D eigenvalue weighted by Gasteiger charge is 2.10. The third-order valence-corrected chi connectivity index (χ3v) is 4.52. The molecule has 3 nitrogen and oxygen atoms in total. The van der Waals surface area contributed by atoms with Crippen LogP contribution in [0.4, 0.5) is 5.69 Å². The molecule has 19 heavy (non-hydrogen) atoms. The normalized spacial score (nSPS) is 12.1. The van der Waals surface area contributed by atoms with Gasteiger partial charge in [0, 0.05) is 5.69 Å². The maximum absolute atomic E-state index is 12.3. The number of hydrogen-bond acceptors (Lipinski definition) is 3. The highest BCUT2D eigenvalue weighted by molar-refractivity contribution is 7.84. The number of anilines is 1. The van der Waals surface area contributed by atoms with Crippen LogP contribution in [-0.2, 0) is 16.6 Å². The Labute approximate surface area is 119 Å². The molecule has 2 rings (SSSR count). The Bertz CT molecular complexity index is 599. The molecule has 2 aromatic carbocycles. The fraction of sp³-hybridized carbons (Fsp3) is 0.143. The summed E-state index contributed by atoms with van der Waals surface area (Å²) in [5.41, 5.74) is 7.14. The summed E-state index contributed by atoms with van der Waals surface area (Å²) in [4.78, 5) is 0.603. The summed E-state index contributed by atoms with van der Waals surface area (Å²) in [6.07, 6.45) is 0. The molecule has 5 heteroatoms. The minimum Gasteiger partial charge on any atom is -0.497 e. The van der Waals surface area contributed by atoms with Gasteiger partial charge in [0.1, 0.15) is 5.75 Å². The lowest BCUT2D eigenvalue weighted by molar-refractivity contribution is 0.414. The van der Waals surface area contributed by atoms with E-state index in [0.29, 0.717) is 21.4 Å². The van der Waals surface area contributed by atoms with Crippen LogP contribution in [0.25, 0.3) is 0 Å². The summed E-state index contributed by atoms with van der Waals surface area (Å²) in [6.45, 7) is 0. The van der Waals surface area contributed by atoms with E-state index in [1.165, 1.54) is 0 Å². The van der Waals surface area contributed by atoms with Crippen molar-refractivity contribution in [1.29, 1.82) is 0 Å². The quantitative estimate of drug-likeness (QED) is 0.881. The Morgan fingerprint density at radius 2 is 1.89 bits per heavy atom. The van der Waals surface area contributed by atoms with E-state index in [-0.39, 0.29) is 0 Å². The van der Waals surface area contributed by atoms with Gasteiger partial charge >= 0.3 is 0 Å². The van der Waals surface area contributed by atoms with Gasteiger partial charge in [-0.15, -0.1) is 0 Å². The van der Waals surface area contributed by atoms with Crippen molar-refractivity contribution in [3.05, 3.63) is 53.1 Å². The van der Waals surface area contributed by atoms with Crippen LogP contribution in [0, 0.1) is 0 Å². The van der Waals surface area contributed by atoms with Gasteiger partial charge in [0.25, 0.3) is 0 Å². The second-order valence-electron chi connectivity index (χ2n) is 4.03. The fourth-order valence-corrected chi connectivity index (χ4v) is 3.25. The topological polar surface area (TPSA) is 52.3 Å². The van der Waals surface area contributed by atoms with E-state index in [9.17, 15) is 4.21 Å². The molecule has 0 saturated heterocycles. The van der Waals surface area contributed by atoms with Crippen LogP contribution < -0.4 is 10.5 Å². The molecular formula is C14H14ClNO2S. The zero-order valence-electron chi connectivity index (χ0n) is 10.4. The second kappa shape index (κ2) is 6.08. The molecule has 0 heterocycles. The van der Waals surface area contributed by atoms with Gasteiger partial charge in [-0.1, -0.05) is 23.7 Å². The van der Waals surface area contributed by atoms with Crippen molar-refractivity contribution in [3.8, 4) is 5.75 Å². The van der Waals surface area contributed by atoms with E-state index >= 15 is 0 Å². The van der Waals surface area contributed by atoms with Crippen LogP contribution in [0.15, 0.2) is 47.4 Å². The lowest BCUT2D eigenvalue weighted by atomic mass is 10.2. The number of rotatable bonds is 4. The predicted octanol–water partition coefficient (Wildman–Crippen LogP) is 3.24. The number of nitrogens with two attached hydrogens (primary N) is 1. The summed E-state index contributed by atoms with van der Waals surface area (Å²) >= 11 is 6.05. The standard InChI is InChI=1S/C14H14ClNO2S/c1-18-12-5-2-10(3-6-12)9-19(17)14-7-4-11(16)8-13(14)15/h2-8H,9,16H2,1H3. The number of methoxy groups -OCH3 is 1. The molecule has 1 unspecified atom stereocenters. The Morgan fingerprint density at radius 3 is 2.47 bits per heavy atom. The minimum absolute atomic E-state index is 0.410. The van der Waals surface area contributed by atoms with Gasteiger partial charge < -0.3 is 10.5 Å². The van der Waals surface area contributed by atoms with Gasteiger partial charge in [-0.05, 0) is 35.9 Å². The zero-order valence-corrected chi connectivity index (χ0v) is 12.0. The largest absolute Gasteiger partial charge is 0.497 e. The van der Waals surface area contributed by atoms with Crippen LogP contribution in [-0.4, -0.2) is 11.3 Å². The number of halogens is 1. The van der Waals surface area contributed by atoms with E-state index in [1.54, 1.807) is 25.3 Å². The van der Waals surface area contributed by atoms with Gasteiger partial charge in [-0.3, -0.25) is 4.21 Å². The molecule has 100 valence electrons. The number of benzene rings is 2. The first-order chi connectivity index (χ1) is 9.10. The van der Waals surface area contributed by atoms with Crippen LogP contribution in [0.1, 0.15) is 5.56 Å². The molecule has 0 bridgehead atoms. The molecule has 0 radical (unpaired) electrons. The average molecular weight is 296 g/mol. The van der Waals surface area contributed by atoms with Crippen molar-refractivity contribution >= 4 is 28.1 Å². The van der Waals surface area contributed by atoms with Crippen molar-refractivity contribution in [2.24, 2.45) is 0 Å². The first-order valence-electron chi connectivity index (χ1n) is 5.66. The van der Waals surface area contributed by atoms with Crippen LogP contribution in [0.5, 0.6) is 5.75 Å². The van der Waals surface area contributed by atoms with E-state index in [4.69, 9.17) is 22.1 Å². The van der Waals surface area contributed by atoms with E-state index < -0.39 is 10.8 Å². The summed E-state index contributed by atoms with van der Waals surface area (Å²) in [5, 5.41) is 0.437. The average Bonchev–Trinajstić information content (AvgIpc) is 2.39. The monoisotopic (exact) mass is 295 g/mol. The highest BCUT2D eigenvalue weighted by atomic mass is 35.5. The smallest absolute Gasteiger partial charge is 0.118 e. The summed E-state index contributed by atoms with van der Waals surface area (Å²) < 4.78 is 17.3. The molecule has 0 aromatic heterocycles. The van der Waals surface area contributed by atoms with Crippen molar-refractivity contribution in [3.63, 3.8) is 0 Å². The van der Waals surface area contributed by atoms with Crippen LogP contribution in [0.2, 0.25) is 5.02 Å². The molecule has 1 atom stereocenters. The van der Waals surface area contributed by atoms with Crippen LogP contribution in [0.3, 0.4) is 0 Å². The molecule has 0 spiro atoms. The van der Waals surface area contributed by atoms with E-state index in [1.807, 2.05) is 24.3 Å². The van der Waals surface area contributed by atoms with Gasteiger partial charge in [-0.2, -0.15) is 0 Å². The van der Waals surface area contributed by atoms with Gasteiger partial charge in [-0.25, -0.2) is 0 Å². The third-order valence-electron chi connectivity index (χ3n) is 2.66. The van der Waals surface area contributed by atoms with Gasteiger partial charge in [0.15, 0.2) is 0 Å². The van der Waals surface area contributed by atoms with E-state index in [2.05, 4.69) is 0 Å². The van der Waals surface area contributed by atoms with Crippen molar-refractivity contribution in [2.45, 2.75) is 10.6 Å². The third kappa shape index (κ3) is 3.49. The summed E-state index contributed by atoms with van der Waals surface area (Å²) in [5.74, 6) is 1.19. The Kier molecular flexibility index (Phi) is 4.45. The molecule has 0 saturated carbocycles. The van der Waals surface area contributed by atoms with Crippen molar-refractivity contribution in [1.82, 2.24) is 0 Å². The lowest BCUT2D eigenvalue weighted by Crippen LogP contribution is -1.98. The first kappa shape index (κ1) is 13.9. The number of nitrogen functional groups attached to an aromatic ring is 1. The number of hydrogen-bond donors (Lipinski definition) is 1. The molecule has 0 amide bonds. The van der Waals surface area contributed by atoms with Gasteiger partial charge in [0.2, 0.25) is 0 Å². The maximum Gasteiger partial charge on any atom is 0.118 e. The molecule has 2 aromatic rings. The Balaban J connectivity index is 2.15. The Hall–Kier alpha value is -1.52.